The SMILES string of the molecule is CC(C)OC(=O)NC(C(=O)Nc1ccc2c(c1)NC(=O)C21CCOCC1)C1CCCCCCC1. The highest BCUT2D eigenvalue weighted by Crippen LogP contribution is 2.45. The van der Waals surface area contributed by atoms with E-state index in [0.717, 1.165) is 49.8 Å². The van der Waals surface area contributed by atoms with E-state index in [4.69, 9.17) is 9.47 Å². The van der Waals surface area contributed by atoms with Crippen LogP contribution in [0.5, 0.6) is 0 Å². The third-order valence-corrected chi connectivity index (χ3v) is 7.35. The Morgan fingerprint density at radius 1 is 1.09 bits per heavy atom. The first kappa shape index (κ1) is 24.5. The Labute approximate surface area is 201 Å². The molecule has 0 radical (unpaired) electrons. The molecule has 1 atom stereocenters. The molecule has 1 saturated carbocycles. The van der Waals surface area contributed by atoms with Crippen LogP contribution in [0.2, 0.25) is 0 Å². The predicted octanol–water partition coefficient (Wildman–Crippen LogP) is 4.49. The quantitative estimate of drug-likeness (QED) is 0.587. The van der Waals surface area contributed by atoms with E-state index in [1.165, 1.54) is 6.42 Å². The smallest absolute Gasteiger partial charge is 0.408 e. The summed E-state index contributed by atoms with van der Waals surface area (Å²) in [5, 5.41) is 8.82. The van der Waals surface area contributed by atoms with E-state index in [2.05, 4.69) is 16.0 Å². The molecular formula is C26H37N3O5. The van der Waals surface area contributed by atoms with Gasteiger partial charge in [0.15, 0.2) is 0 Å². The number of carbonyl (C=O) groups excluding carboxylic acids is 3. The fourth-order valence-electron chi connectivity index (χ4n) is 5.54. The minimum atomic E-state index is -0.672. The number of fused-ring (bicyclic) bond motifs is 2. The van der Waals surface area contributed by atoms with E-state index in [1.54, 1.807) is 13.8 Å². The fourth-order valence-corrected chi connectivity index (χ4v) is 5.54. The van der Waals surface area contributed by atoms with Gasteiger partial charge in [-0.1, -0.05) is 38.2 Å². The van der Waals surface area contributed by atoms with Crippen molar-refractivity contribution in [3.05, 3.63) is 23.8 Å². The number of alkyl carbamates (subject to hydrolysis) is 1. The topological polar surface area (TPSA) is 106 Å². The van der Waals surface area contributed by atoms with E-state index in [1.807, 2.05) is 18.2 Å². The summed E-state index contributed by atoms with van der Waals surface area (Å²) in [7, 11) is 0. The van der Waals surface area contributed by atoms with Gasteiger partial charge in [-0.2, -0.15) is 0 Å². The predicted molar refractivity (Wildman–Crippen MR) is 130 cm³/mol. The van der Waals surface area contributed by atoms with Crippen LogP contribution in [0.3, 0.4) is 0 Å². The maximum atomic E-state index is 13.4. The van der Waals surface area contributed by atoms with Gasteiger partial charge in [0.25, 0.3) is 0 Å². The second kappa shape index (κ2) is 10.8. The Kier molecular flexibility index (Phi) is 7.76. The first-order valence-corrected chi connectivity index (χ1v) is 12.7. The minimum absolute atomic E-state index is 0.000212. The van der Waals surface area contributed by atoms with Crippen molar-refractivity contribution in [2.24, 2.45) is 5.92 Å². The van der Waals surface area contributed by atoms with Crippen LogP contribution in [0.25, 0.3) is 0 Å². The van der Waals surface area contributed by atoms with E-state index >= 15 is 0 Å². The fraction of sp³-hybridized carbons (Fsp3) is 0.654. The van der Waals surface area contributed by atoms with E-state index in [0.29, 0.717) is 31.7 Å². The molecule has 2 fully saturated rings. The molecule has 1 unspecified atom stereocenters. The Morgan fingerprint density at radius 2 is 1.76 bits per heavy atom. The molecule has 8 nitrogen and oxygen atoms in total. The van der Waals surface area contributed by atoms with Crippen molar-refractivity contribution < 1.29 is 23.9 Å². The van der Waals surface area contributed by atoms with Crippen LogP contribution in [-0.4, -0.2) is 43.3 Å². The van der Waals surface area contributed by atoms with Gasteiger partial charge in [0.2, 0.25) is 11.8 Å². The first-order valence-electron chi connectivity index (χ1n) is 12.7. The number of benzene rings is 1. The lowest BCUT2D eigenvalue weighted by Gasteiger charge is -2.31. The summed E-state index contributed by atoms with van der Waals surface area (Å²) in [5.74, 6) is -0.198. The van der Waals surface area contributed by atoms with Gasteiger partial charge in [-0.05, 0) is 63.1 Å². The normalized spacial score (nSPS) is 21.2. The molecule has 0 bridgehead atoms. The van der Waals surface area contributed by atoms with Crippen LogP contribution in [0.1, 0.15) is 77.2 Å². The molecule has 186 valence electrons. The third-order valence-electron chi connectivity index (χ3n) is 7.35. The van der Waals surface area contributed by atoms with Crippen molar-refractivity contribution >= 4 is 29.3 Å². The van der Waals surface area contributed by atoms with Gasteiger partial charge in [0.1, 0.15) is 6.04 Å². The summed E-state index contributed by atoms with van der Waals surface area (Å²) in [4.78, 5) is 38.6. The van der Waals surface area contributed by atoms with Crippen LogP contribution in [0.15, 0.2) is 18.2 Å². The Morgan fingerprint density at radius 3 is 2.44 bits per heavy atom. The highest BCUT2D eigenvalue weighted by atomic mass is 16.6. The molecule has 8 heteroatoms. The lowest BCUT2D eigenvalue weighted by atomic mass is 9.75. The molecule has 4 rings (SSSR count). The maximum Gasteiger partial charge on any atom is 0.408 e. The van der Waals surface area contributed by atoms with Gasteiger partial charge >= 0.3 is 6.09 Å². The second-order valence-electron chi connectivity index (χ2n) is 10.1. The number of rotatable bonds is 5. The summed E-state index contributed by atoms with van der Waals surface area (Å²) in [5.41, 5.74) is 1.76. The largest absolute Gasteiger partial charge is 0.447 e. The number of nitrogens with one attached hydrogen (secondary N) is 3. The van der Waals surface area contributed by atoms with Crippen molar-refractivity contribution in [1.82, 2.24) is 5.32 Å². The van der Waals surface area contributed by atoms with Crippen LogP contribution >= 0.6 is 0 Å². The molecule has 2 heterocycles. The van der Waals surface area contributed by atoms with E-state index in [-0.39, 0.29) is 23.8 Å². The molecule has 3 amide bonds. The van der Waals surface area contributed by atoms with Crippen LogP contribution in [0.4, 0.5) is 16.2 Å². The molecule has 3 aliphatic rings. The highest BCUT2D eigenvalue weighted by molar-refractivity contribution is 6.07. The summed E-state index contributed by atoms with van der Waals surface area (Å²) >= 11 is 0. The van der Waals surface area contributed by atoms with Crippen molar-refractivity contribution in [3.8, 4) is 0 Å². The van der Waals surface area contributed by atoms with Gasteiger partial charge in [0.05, 0.1) is 11.5 Å². The second-order valence-corrected chi connectivity index (χ2v) is 10.1. The molecule has 1 aliphatic carbocycles. The standard InChI is InChI=1S/C26H37N3O5/c1-17(2)34-25(32)29-22(18-8-6-4-3-5-7-9-18)23(30)27-19-10-11-20-21(16-19)28-24(31)26(20)12-14-33-15-13-26/h10-11,16-18,22H,3-9,12-15H2,1-2H3,(H,27,30)(H,28,31)(H,29,32). The van der Waals surface area contributed by atoms with Gasteiger partial charge in [-0.15, -0.1) is 0 Å². The summed E-state index contributed by atoms with van der Waals surface area (Å²) < 4.78 is 10.7. The zero-order valence-corrected chi connectivity index (χ0v) is 20.3. The summed E-state index contributed by atoms with van der Waals surface area (Å²) in [6.45, 7) is 4.70. The molecule has 2 aliphatic heterocycles. The van der Waals surface area contributed by atoms with Crippen molar-refractivity contribution in [2.45, 2.75) is 89.2 Å². The van der Waals surface area contributed by atoms with Gasteiger partial charge < -0.3 is 25.4 Å². The van der Waals surface area contributed by atoms with E-state index in [9.17, 15) is 14.4 Å². The van der Waals surface area contributed by atoms with Crippen molar-refractivity contribution in [1.29, 1.82) is 0 Å². The van der Waals surface area contributed by atoms with Crippen molar-refractivity contribution in [2.75, 3.05) is 23.8 Å². The Bertz CT molecular complexity index is 902. The lowest BCUT2D eigenvalue weighted by molar-refractivity contribution is -0.124. The van der Waals surface area contributed by atoms with Crippen molar-refractivity contribution in [3.63, 3.8) is 0 Å². The van der Waals surface area contributed by atoms with Crippen LogP contribution < -0.4 is 16.0 Å². The number of ether oxygens (including phenoxy) is 2. The average molecular weight is 472 g/mol. The number of amides is 3. The van der Waals surface area contributed by atoms with Gasteiger partial charge in [-0.25, -0.2) is 4.79 Å². The molecular weight excluding hydrogens is 434 g/mol. The molecule has 1 saturated heterocycles. The average Bonchev–Trinajstić information content (AvgIpc) is 3.02. The molecule has 0 aromatic heterocycles. The zero-order chi connectivity index (χ0) is 24.1. The minimum Gasteiger partial charge on any atom is -0.447 e. The third kappa shape index (κ3) is 5.37. The molecule has 1 aromatic rings. The maximum absolute atomic E-state index is 13.4. The first-order chi connectivity index (χ1) is 16.4. The molecule has 3 N–H and O–H groups in total. The number of anilines is 2. The number of hydrogen-bond donors (Lipinski definition) is 3. The number of carbonyl (C=O) groups is 3. The Balaban J connectivity index is 1.51. The van der Waals surface area contributed by atoms with E-state index < -0.39 is 17.6 Å². The van der Waals surface area contributed by atoms with Crippen LogP contribution in [0, 0.1) is 5.92 Å². The zero-order valence-electron chi connectivity index (χ0n) is 20.3. The summed E-state index contributed by atoms with van der Waals surface area (Å²) in [6, 6.07) is 4.92. The summed E-state index contributed by atoms with van der Waals surface area (Å²) in [6.07, 6.45) is 7.89. The molecule has 1 aromatic carbocycles. The lowest BCUT2D eigenvalue weighted by Crippen LogP contribution is -2.49. The monoisotopic (exact) mass is 471 g/mol. The number of hydrogen-bond acceptors (Lipinski definition) is 5. The van der Waals surface area contributed by atoms with Gasteiger partial charge in [0, 0.05) is 24.6 Å². The van der Waals surface area contributed by atoms with Gasteiger partial charge in [-0.3, -0.25) is 9.59 Å². The molecule has 1 spiro atoms. The van der Waals surface area contributed by atoms with Crippen LogP contribution in [-0.2, 0) is 24.5 Å². The Hall–Kier alpha value is -2.61. The highest BCUT2D eigenvalue weighted by Gasteiger charge is 2.47. The molecule has 34 heavy (non-hydrogen) atoms.